The Labute approximate surface area is 194 Å². The normalized spacial score (nSPS) is 24.3. The predicted molar refractivity (Wildman–Crippen MR) is 103 cm³/mol. The van der Waals surface area contributed by atoms with Gasteiger partial charge in [-0.3, -0.25) is 4.79 Å². The Bertz CT molecular complexity index is 1010. The molecule has 2 aliphatic rings. The summed E-state index contributed by atoms with van der Waals surface area (Å²) in [6, 6.07) is 3.31. The van der Waals surface area contributed by atoms with Crippen molar-refractivity contribution in [1.29, 1.82) is 0 Å². The fourth-order valence-electron chi connectivity index (χ4n) is 4.18. The topological polar surface area (TPSA) is 124 Å². The van der Waals surface area contributed by atoms with Crippen LogP contribution in [0.5, 0.6) is 0 Å². The molecule has 1 amide bonds. The molecule has 1 fully saturated rings. The van der Waals surface area contributed by atoms with E-state index in [1.807, 2.05) is 29.8 Å². The molecule has 4 heterocycles. The monoisotopic (exact) mass is 424 g/mol. The van der Waals surface area contributed by atoms with Crippen molar-refractivity contribution in [3.63, 3.8) is 0 Å². The summed E-state index contributed by atoms with van der Waals surface area (Å²) in [4.78, 5) is 30.4. The Kier molecular flexibility index (Phi) is 6.35. The average Bonchev–Trinajstić information content (AvgIpc) is 3.14. The molecule has 0 bridgehead atoms. The summed E-state index contributed by atoms with van der Waals surface area (Å²) >= 11 is 1.40. The minimum atomic E-state index is -1.35. The fourth-order valence-corrected chi connectivity index (χ4v) is 5.43. The van der Waals surface area contributed by atoms with Gasteiger partial charge in [-0.05, 0) is 19.1 Å². The van der Waals surface area contributed by atoms with Gasteiger partial charge >= 0.3 is 29.6 Å². The largest absolute Gasteiger partial charge is 1.00 e. The molecule has 148 valence electrons. The molecule has 2 aromatic rings. The summed E-state index contributed by atoms with van der Waals surface area (Å²) in [5, 5.41) is 21.6. The Hall–Kier alpha value is -1.52. The van der Waals surface area contributed by atoms with Crippen molar-refractivity contribution in [2.24, 2.45) is 11.8 Å². The summed E-state index contributed by atoms with van der Waals surface area (Å²) in [7, 11) is 0. The number of fused-ring (bicyclic) bond motifs is 2. The molecule has 1 saturated heterocycles. The van der Waals surface area contributed by atoms with E-state index in [1.54, 1.807) is 13.0 Å². The van der Waals surface area contributed by atoms with Crippen LogP contribution in [0.2, 0.25) is 0 Å². The van der Waals surface area contributed by atoms with Crippen molar-refractivity contribution in [1.82, 2.24) is 14.3 Å². The molecule has 0 radical (unpaired) electrons. The number of β-lactam (4-membered cyclic amide) rings is 1. The summed E-state index contributed by atoms with van der Waals surface area (Å²) in [5.74, 6) is -1.82. The standard InChI is InChI=1S/C19H22N4O4S.Na/c1-9-14-13(10(2)24)18(25)23(14)15(19(26)27)16(9)28-7-5-11-8-22-6-3-4-12(20)17(22)21-11;/h3-4,6,8-10,13-14,24H,5,7,20H2,1-2H3,(H,26,27);/q;+1/p-1/t9-,10-,13-,14-;/m1./s1. The minimum Gasteiger partial charge on any atom is -0.543 e. The number of nitrogen functional groups attached to an aromatic ring is 1. The first-order chi connectivity index (χ1) is 13.3. The molecule has 3 N–H and O–H groups in total. The average molecular weight is 424 g/mol. The number of aryl methyl sites for hydroxylation is 1. The van der Waals surface area contributed by atoms with E-state index in [0.29, 0.717) is 28.4 Å². The van der Waals surface area contributed by atoms with Crippen LogP contribution in [-0.2, 0) is 16.0 Å². The number of aromatic nitrogens is 2. The molecule has 4 atom stereocenters. The number of nitrogens with two attached hydrogens (primary N) is 1. The Morgan fingerprint density at radius 1 is 1.48 bits per heavy atom. The quantitative estimate of drug-likeness (QED) is 0.375. The van der Waals surface area contributed by atoms with Crippen molar-refractivity contribution in [2.45, 2.75) is 32.4 Å². The van der Waals surface area contributed by atoms with Gasteiger partial charge in [-0.25, -0.2) is 4.98 Å². The fraction of sp³-hybridized carbons (Fsp3) is 0.421. The van der Waals surface area contributed by atoms with Crippen LogP contribution in [0.15, 0.2) is 35.1 Å². The van der Waals surface area contributed by atoms with E-state index < -0.39 is 18.0 Å². The van der Waals surface area contributed by atoms with E-state index in [0.717, 1.165) is 5.69 Å². The third-order valence-corrected chi connectivity index (χ3v) is 6.76. The zero-order valence-corrected chi connectivity index (χ0v) is 19.3. The van der Waals surface area contributed by atoms with Crippen molar-refractivity contribution in [3.05, 3.63) is 40.8 Å². The van der Waals surface area contributed by atoms with Gasteiger partial charge in [0, 0.05) is 35.4 Å². The van der Waals surface area contributed by atoms with E-state index in [1.165, 1.54) is 16.7 Å². The number of carboxylic acids is 1. The van der Waals surface area contributed by atoms with Crippen LogP contribution < -0.4 is 40.4 Å². The van der Waals surface area contributed by atoms with E-state index >= 15 is 0 Å². The van der Waals surface area contributed by atoms with Crippen LogP contribution in [0.25, 0.3) is 5.65 Å². The van der Waals surface area contributed by atoms with Crippen LogP contribution >= 0.6 is 11.8 Å². The van der Waals surface area contributed by atoms with Gasteiger partial charge in [0.25, 0.3) is 0 Å². The first kappa shape index (κ1) is 22.2. The number of nitrogens with zero attached hydrogens (tertiary/aromatic N) is 3. The van der Waals surface area contributed by atoms with Gasteiger partial charge in [0.15, 0.2) is 5.65 Å². The van der Waals surface area contributed by atoms with Crippen LogP contribution in [0.4, 0.5) is 5.69 Å². The van der Waals surface area contributed by atoms with E-state index in [9.17, 15) is 19.8 Å². The van der Waals surface area contributed by atoms with Gasteiger partial charge in [0.1, 0.15) is 0 Å². The first-order valence-corrected chi connectivity index (χ1v) is 10.1. The minimum absolute atomic E-state index is 0. The maximum Gasteiger partial charge on any atom is 1.00 e. The zero-order chi connectivity index (χ0) is 20.2. The SMILES string of the molecule is C[C@@H](O)[C@H]1C(=O)N2C(C(=O)[O-])=C(SCCc3cn4cccc(N)c4n3)[C@H](C)[C@H]12.[Na+]. The molecule has 10 heteroatoms. The number of hydrogen-bond donors (Lipinski definition) is 2. The number of carbonyl (C=O) groups excluding carboxylic acids is 2. The molecule has 0 aliphatic carbocycles. The molecule has 4 rings (SSSR count). The number of aliphatic carboxylic acids is 1. The van der Waals surface area contributed by atoms with Gasteiger partial charge < -0.3 is 30.0 Å². The number of rotatable bonds is 6. The first-order valence-electron chi connectivity index (χ1n) is 9.12. The predicted octanol–water partition coefficient (Wildman–Crippen LogP) is -2.98. The van der Waals surface area contributed by atoms with Gasteiger partial charge in [0.05, 0.1) is 41.1 Å². The summed E-state index contributed by atoms with van der Waals surface area (Å²) in [6.07, 6.45) is 3.59. The number of hydrogen-bond acceptors (Lipinski definition) is 7. The number of carboxylic acid groups (broad SMARTS) is 1. The molecule has 0 unspecified atom stereocenters. The third-order valence-electron chi connectivity index (χ3n) is 5.48. The van der Waals surface area contributed by atoms with Crippen LogP contribution in [0, 0.1) is 11.8 Å². The van der Waals surface area contributed by atoms with Crippen molar-refractivity contribution >= 4 is 35.0 Å². The number of aliphatic hydroxyl groups is 1. The molecular formula is C19H21N4NaO4S. The summed E-state index contributed by atoms with van der Waals surface area (Å²) < 4.78 is 1.86. The molecule has 8 nitrogen and oxygen atoms in total. The van der Waals surface area contributed by atoms with Crippen LogP contribution in [-0.4, -0.2) is 49.2 Å². The van der Waals surface area contributed by atoms with Gasteiger partial charge in [-0.2, -0.15) is 0 Å². The van der Waals surface area contributed by atoms with Crippen LogP contribution in [0.1, 0.15) is 19.5 Å². The van der Waals surface area contributed by atoms with Crippen LogP contribution in [0.3, 0.4) is 0 Å². The number of pyridine rings is 1. The number of carbonyl (C=O) groups is 2. The molecule has 2 aliphatic heterocycles. The van der Waals surface area contributed by atoms with Gasteiger partial charge in [0.2, 0.25) is 5.91 Å². The number of thioether (sulfide) groups is 1. The van der Waals surface area contributed by atoms with Crippen molar-refractivity contribution < 1.29 is 49.4 Å². The second-order valence-corrected chi connectivity index (χ2v) is 8.42. The van der Waals surface area contributed by atoms with Crippen molar-refractivity contribution in [3.8, 4) is 0 Å². The molecular weight excluding hydrogens is 403 g/mol. The van der Waals surface area contributed by atoms with E-state index in [2.05, 4.69) is 4.98 Å². The molecule has 29 heavy (non-hydrogen) atoms. The Morgan fingerprint density at radius 3 is 2.83 bits per heavy atom. The smallest absolute Gasteiger partial charge is 0.543 e. The molecule has 0 saturated carbocycles. The number of aliphatic hydroxyl groups excluding tert-OH is 1. The van der Waals surface area contributed by atoms with Gasteiger partial charge in [-0.1, -0.05) is 6.92 Å². The van der Waals surface area contributed by atoms with E-state index in [-0.39, 0.29) is 53.1 Å². The van der Waals surface area contributed by atoms with Crippen molar-refractivity contribution in [2.75, 3.05) is 11.5 Å². The number of amides is 1. The zero-order valence-electron chi connectivity index (χ0n) is 16.5. The molecule has 2 aromatic heterocycles. The maximum absolute atomic E-state index is 12.3. The molecule has 0 spiro atoms. The summed E-state index contributed by atoms with van der Waals surface area (Å²) in [5.41, 5.74) is 8.02. The second-order valence-electron chi connectivity index (χ2n) is 7.28. The second kappa shape index (κ2) is 8.31. The number of anilines is 1. The Balaban J connectivity index is 0.00000240. The Morgan fingerprint density at radius 2 is 2.21 bits per heavy atom. The number of imidazole rings is 1. The van der Waals surface area contributed by atoms with Gasteiger partial charge in [-0.15, -0.1) is 11.8 Å². The third kappa shape index (κ3) is 3.59. The molecule has 0 aromatic carbocycles. The van der Waals surface area contributed by atoms with E-state index in [4.69, 9.17) is 5.73 Å². The summed E-state index contributed by atoms with van der Waals surface area (Å²) in [6.45, 7) is 3.45. The maximum atomic E-state index is 12.3.